The smallest absolute Gasteiger partial charge is 0.410 e. The molecule has 0 bridgehead atoms. The van der Waals surface area contributed by atoms with Gasteiger partial charge in [-0.15, -0.1) is 0 Å². The van der Waals surface area contributed by atoms with Gasteiger partial charge in [0.25, 0.3) is 0 Å². The van der Waals surface area contributed by atoms with Crippen molar-refractivity contribution in [1.29, 1.82) is 0 Å². The third-order valence-electron chi connectivity index (χ3n) is 2.16. The summed E-state index contributed by atoms with van der Waals surface area (Å²) in [4.78, 5) is 23.0. The average molecular weight is 187 g/mol. The highest BCUT2D eigenvalue weighted by molar-refractivity contribution is 5.83. The lowest BCUT2D eigenvalue weighted by Gasteiger charge is -2.19. The van der Waals surface area contributed by atoms with E-state index in [2.05, 4.69) is 0 Å². The van der Waals surface area contributed by atoms with E-state index in [0.29, 0.717) is 0 Å². The standard InChI is InChI=1S/C8H13NO4/c1-4(2)6-5(7(10)11)9(3)8(12)13-6/h4-6H,1-3H3,(H,10,11). The Morgan fingerprint density at radius 3 is 2.46 bits per heavy atom. The van der Waals surface area contributed by atoms with Gasteiger partial charge >= 0.3 is 12.1 Å². The fourth-order valence-electron chi connectivity index (χ4n) is 1.40. The monoisotopic (exact) mass is 187 g/mol. The zero-order chi connectivity index (χ0) is 10.2. The van der Waals surface area contributed by atoms with Crippen molar-refractivity contribution < 1.29 is 19.4 Å². The summed E-state index contributed by atoms with van der Waals surface area (Å²) in [5.41, 5.74) is 0. The molecule has 1 N–H and O–H groups in total. The molecule has 0 saturated carbocycles. The minimum absolute atomic E-state index is 0.00926. The molecular weight excluding hydrogens is 174 g/mol. The Kier molecular flexibility index (Phi) is 2.45. The molecule has 0 radical (unpaired) electrons. The molecule has 0 spiro atoms. The molecular formula is C8H13NO4. The van der Waals surface area contributed by atoms with Crippen LogP contribution in [0.25, 0.3) is 0 Å². The predicted molar refractivity (Wildman–Crippen MR) is 44.3 cm³/mol. The Bertz CT molecular complexity index is 238. The quantitative estimate of drug-likeness (QED) is 0.685. The Morgan fingerprint density at radius 1 is 1.62 bits per heavy atom. The van der Waals surface area contributed by atoms with Gasteiger partial charge in [0.05, 0.1) is 0 Å². The van der Waals surface area contributed by atoms with Crippen molar-refractivity contribution in [2.75, 3.05) is 7.05 Å². The molecule has 5 heteroatoms. The molecule has 13 heavy (non-hydrogen) atoms. The largest absolute Gasteiger partial charge is 0.480 e. The summed E-state index contributed by atoms with van der Waals surface area (Å²) in [7, 11) is 1.43. The molecule has 5 nitrogen and oxygen atoms in total. The van der Waals surface area contributed by atoms with E-state index < -0.39 is 24.2 Å². The van der Waals surface area contributed by atoms with E-state index in [1.807, 2.05) is 13.8 Å². The number of amides is 1. The van der Waals surface area contributed by atoms with E-state index >= 15 is 0 Å². The second-order valence-corrected chi connectivity index (χ2v) is 3.49. The third kappa shape index (κ3) is 1.59. The first kappa shape index (κ1) is 9.83. The lowest BCUT2D eigenvalue weighted by atomic mass is 10.00. The van der Waals surface area contributed by atoms with Crippen LogP contribution < -0.4 is 0 Å². The number of likely N-dealkylation sites (N-methyl/N-ethyl adjacent to an activating group) is 1. The highest BCUT2D eigenvalue weighted by Gasteiger charge is 2.45. The van der Waals surface area contributed by atoms with Crippen LogP contribution in [0, 0.1) is 5.92 Å². The van der Waals surface area contributed by atoms with Crippen molar-refractivity contribution in [3.63, 3.8) is 0 Å². The maximum absolute atomic E-state index is 11.0. The van der Waals surface area contributed by atoms with Crippen molar-refractivity contribution in [3.8, 4) is 0 Å². The maximum atomic E-state index is 11.0. The first-order valence-electron chi connectivity index (χ1n) is 4.11. The van der Waals surface area contributed by atoms with Crippen molar-refractivity contribution in [2.45, 2.75) is 26.0 Å². The SMILES string of the molecule is CC(C)C1OC(=O)N(C)C1C(=O)O. The van der Waals surface area contributed by atoms with E-state index in [1.165, 1.54) is 7.05 Å². The van der Waals surface area contributed by atoms with Crippen LogP contribution in [-0.2, 0) is 9.53 Å². The van der Waals surface area contributed by atoms with Crippen LogP contribution in [0.1, 0.15) is 13.8 Å². The zero-order valence-corrected chi connectivity index (χ0v) is 7.85. The second kappa shape index (κ2) is 3.24. The predicted octanol–water partition coefficient (Wildman–Crippen LogP) is 0.546. The van der Waals surface area contributed by atoms with Crippen molar-refractivity contribution in [1.82, 2.24) is 4.90 Å². The molecule has 1 saturated heterocycles. The lowest BCUT2D eigenvalue weighted by molar-refractivity contribution is -0.143. The van der Waals surface area contributed by atoms with Crippen LogP contribution in [0.15, 0.2) is 0 Å². The zero-order valence-electron chi connectivity index (χ0n) is 7.85. The van der Waals surface area contributed by atoms with Crippen LogP contribution >= 0.6 is 0 Å². The number of carbonyl (C=O) groups excluding carboxylic acids is 1. The summed E-state index contributed by atoms with van der Waals surface area (Å²) in [6.07, 6.45) is -1.11. The van der Waals surface area contributed by atoms with Gasteiger partial charge in [-0.25, -0.2) is 9.59 Å². The number of carboxylic acid groups (broad SMARTS) is 1. The first-order chi connectivity index (χ1) is 5.95. The molecule has 74 valence electrons. The van der Waals surface area contributed by atoms with Gasteiger partial charge in [-0.1, -0.05) is 13.8 Å². The van der Waals surface area contributed by atoms with E-state index in [-0.39, 0.29) is 5.92 Å². The molecule has 1 fully saturated rings. The molecule has 2 unspecified atom stereocenters. The highest BCUT2D eigenvalue weighted by atomic mass is 16.6. The molecule has 1 rings (SSSR count). The Hall–Kier alpha value is -1.26. The van der Waals surface area contributed by atoms with Gasteiger partial charge in [0, 0.05) is 7.05 Å². The van der Waals surface area contributed by atoms with Crippen molar-refractivity contribution in [3.05, 3.63) is 0 Å². The molecule has 0 aromatic carbocycles. The molecule has 1 amide bonds. The fourth-order valence-corrected chi connectivity index (χ4v) is 1.40. The van der Waals surface area contributed by atoms with Gasteiger partial charge in [-0.05, 0) is 5.92 Å². The van der Waals surface area contributed by atoms with Crippen LogP contribution in [0.2, 0.25) is 0 Å². The Balaban J connectivity index is 2.87. The van der Waals surface area contributed by atoms with Gasteiger partial charge in [-0.2, -0.15) is 0 Å². The van der Waals surface area contributed by atoms with Gasteiger partial charge < -0.3 is 9.84 Å². The maximum Gasteiger partial charge on any atom is 0.410 e. The number of nitrogens with zero attached hydrogens (tertiary/aromatic N) is 1. The minimum Gasteiger partial charge on any atom is -0.480 e. The average Bonchev–Trinajstić information content (AvgIpc) is 2.28. The summed E-state index contributed by atoms with van der Waals surface area (Å²) in [5.74, 6) is -1.01. The van der Waals surface area contributed by atoms with E-state index in [0.717, 1.165) is 4.90 Å². The lowest BCUT2D eigenvalue weighted by Crippen LogP contribution is -2.42. The highest BCUT2D eigenvalue weighted by Crippen LogP contribution is 2.23. The molecule has 2 atom stereocenters. The molecule has 1 aliphatic rings. The Labute approximate surface area is 76.3 Å². The topological polar surface area (TPSA) is 66.8 Å². The molecule has 0 aromatic rings. The summed E-state index contributed by atoms with van der Waals surface area (Å²) >= 11 is 0. The fraction of sp³-hybridized carbons (Fsp3) is 0.750. The van der Waals surface area contributed by atoms with Crippen LogP contribution in [-0.4, -0.2) is 41.3 Å². The van der Waals surface area contributed by atoms with Gasteiger partial charge in [0.1, 0.15) is 6.10 Å². The first-order valence-corrected chi connectivity index (χ1v) is 4.11. The molecule has 1 aliphatic heterocycles. The van der Waals surface area contributed by atoms with E-state index in [4.69, 9.17) is 9.84 Å². The Morgan fingerprint density at radius 2 is 2.15 bits per heavy atom. The van der Waals surface area contributed by atoms with Crippen LogP contribution in [0.3, 0.4) is 0 Å². The number of rotatable bonds is 2. The number of hydrogen-bond donors (Lipinski definition) is 1. The summed E-state index contributed by atoms with van der Waals surface area (Å²) in [5, 5.41) is 8.85. The number of hydrogen-bond acceptors (Lipinski definition) is 3. The van der Waals surface area contributed by atoms with Gasteiger partial charge in [0.2, 0.25) is 0 Å². The third-order valence-corrected chi connectivity index (χ3v) is 2.16. The normalized spacial score (nSPS) is 28.0. The van der Waals surface area contributed by atoms with Gasteiger partial charge in [-0.3, -0.25) is 4.90 Å². The number of ether oxygens (including phenoxy) is 1. The molecule has 0 aromatic heterocycles. The van der Waals surface area contributed by atoms with E-state index in [1.54, 1.807) is 0 Å². The number of cyclic esters (lactones) is 1. The minimum atomic E-state index is -1.02. The van der Waals surface area contributed by atoms with Crippen LogP contribution in [0.4, 0.5) is 4.79 Å². The molecule has 0 aliphatic carbocycles. The van der Waals surface area contributed by atoms with Crippen molar-refractivity contribution in [2.24, 2.45) is 5.92 Å². The summed E-state index contributed by atoms with van der Waals surface area (Å²) in [6, 6.07) is -0.854. The summed E-state index contributed by atoms with van der Waals surface area (Å²) < 4.78 is 4.92. The second-order valence-electron chi connectivity index (χ2n) is 3.49. The van der Waals surface area contributed by atoms with E-state index in [9.17, 15) is 9.59 Å². The number of carboxylic acids is 1. The molecule has 1 heterocycles. The van der Waals surface area contributed by atoms with Crippen LogP contribution in [0.5, 0.6) is 0 Å². The van der Waals surface area contributed by atoms with Gasteiger partial charge in [0.15, 0.2) is 6.04 Å². The summed E-state index contributed by atoms with van der Waals surface area (Å²) in [6.45, 7) is 3.65. The number of carbonyl (C=O) groups is 2. The number of aliphatic carboxylic acids is 1. The van der Waals surface area contributed by atoms with Crippen molar-refractivity contribution >= 4 is 12.1 Å².